The van der Waals surface area contributed by atoms with Gasteiger partial charge in [-0.25, -0.2) is 8.42 Å². The molecule has 0 saturated heterocycles. The van der Waals surface area contributed by atoms with E-state index in [4.69, 9.17) is 9.47 Å². The molecule has 1 heterocycles. The van der Waals surface area contributed by atoms with Crippen LogP contribution in [-0.2, 0) is 10.0 Å². The summed E-state index contributed by atoms with van der Waals surface area (Å²) in [5.41, 5.74) is 0.438. The van der Waals surface area contributed by atoms with Gasteiger partial charge in [-0.05, 0) is 42.7 Å². The van der Waals surface area contributed by atoms with Gasteiger partial charge >= 0.3 is 0 Å². The van der Waals surface area contributed by atoms with Gasteiger partial charge in [0.15, 0.2) is 11.5 Å². The molecule has 1 aliphatic heterocycles. The summed E-state index contributed by atoms with van der Waals surface area (Å²) in [4.78, 5) is 1.23. The second-order valence-electron chi connectivity index (χ2n) is 4.35. The Morgan fingerprint density at radius 1 is 1.05 bits per heavy atom. The summed E-state index contributed by atoms with van der Waals surface area (Å²) in [7, 11) is -3.61. The van der Waals surface area contributed by atoms with Crippen LogP contribution in [0.4, 0.5) is 5.69 Å². The van der Waals surface area contributed by atoms with Gasteiger partial charge in [-0.3, -0.25) is 4.72 Å². The molecule has 0 amide bonds. The van der Waals surface area contributed by atoms with Crippen molar-refractivity contribution in [1.29, 1.82) is 0 Å². The van der Waals surface area contributed by atoms with Gasteiger partial charge in [0.2, 0.25) is 6.79 Å². The van der Waals surface area contributed by atoms with E-state index in [2.05, 4.69) is 4.72 Å². The van der Waals surface area contributed by atoms with Crippen molar-refractivity contribution in [1.82, 2.24) is 0 Å². The van der Waals surface area contributed by atoms with Gasteiger partial charge in [0, 0.05) is 11.0 Å². The van der Waals surface area contributed by atoms with Crippen LogP contribution in [0.25, 0.3) is 0 Å². The molecule has 3 rings (SSSR count). The van der Waals surface area contributed by atoms with Crippen molar-refractivity contribution in [2.75, 3.05) is 17.8 Å². The molecule has 0 spiro atoms. The highest BCUT2D eigenvalue weighted by Gasteiger charge is 2.17. The van der Waals surface area contributed by atoms with E-state index in [1.165, 1.54) is 0 Å². The number of ether oxygens (including phenoxy) is 2. The third-order valence-electron chi connectivity index (χ3n) is 2.99. The second-order valence-corrected chi connectivity index (χ2v) is 6.91. The van der Waals surface area contributed by atoms with E-state index in [0.717, 1.165) is 4.90 Å². The van der Waals surface area contributed by atoms with Gasteiger partial charge < -0.3 is 9.47 Å². The number of nitrogens with one attached hydrogen (secondary N) is 1. The van der Waals surface area contributed by atoms with Crippen LogP contribution in [0.15, 0.2) is 52.3 Å². The van der Waals surface area contributed by atoms with E-state index in [1.807, 2.05) is 6.26 Å². The SMILES string of the molecule is CSc1ccc(S(=O)(=O)Nc2ccc3c(c2)OCO3)cc1. The van der Waals surface area contributed by atoms with Crippen LogP contribution in [0.2, 0.25) is 0 Å². The maximum absolute atomic E-state index is 12.3. The van der Waals surface area contributed by atoms with Crippen LogP contribution in [0, 0.1) is 0 Å². The monoisotopic (exact) mass is 323 g/mol. The van der Waals surface area contributed by atoms with Crippen LogP contribution >= 0.6 is 11.8 Å². The first-order chi connectivity index (χ1) is 10.1. The number of rotatable bonds is 4. The van der Waals surface area contributed by atoms with E-state index in [-0.39, 0.29) is 11.7 Å². The number of hydrogen-bond acceptors (Lipinski definition) is 5. The van der Waals surface area contributed by atoms with E-state index in [1.54, 1.807) is 54.2 Å². The summed E-state index contributed by atoms with van der Waals surface area (Å²) < 4.78 is 37.6. The second kappa shape index (κ2) is 5.50. The largest absolute Gasteiger partial charge is 0.454 e. The predicted octanol–water partition coefficient (Wildman–Crippen LogP) is 2.94. The fourth-order valence-electron chi connectivity index (χ4n) is 1.93. The predicted molar refractivity (Wildman–Crippen MR) is 81.6 cm³/mol. The zero-order chi connectivity index (χ0) is 14.9. The van der Waals surface area contributed by atoms with Crippen LogP contribution in [0.1, 0.15) is 0 Å². The van der Waals surface area contributed by atoms with Crippen LogP contribution in [-0.4, -0.2) is 21.5 Å². The molecule has 0 atom stereocenters. The van der Waals surface area contributed by atoms with E-state index in [0.29, 0.717) is 17.2 Å². The molecule has 0 aromatic heterocycles. The quantitative estimate of drug-likeness (QED) is 0.877. The van der Waals surface area contributed by atoms with Crippen molar-refractivity contribution < 1.29 is 17.9 Å². The molecular weight excluding hydrogens is 310 g/mol. The first-order valence-corrected chi connectivity index (χ1v) is 8.86. The lowest BCUT2D eigenvalue weighted by molar-refractivity contribution is 0.174. The molecule has 0 bridgehead atoms. The Hall–Kier alpha value is -1.86. The molecule has 5 nitrogen and oxygen atoms in total. The highest BCUT2D eigenvalue weighted by Crippen LogP contribution is 2.34. The van der Waals surface area contributed by atoms with Crippen LogP contribution in [0.3, 0.4) is 0 Å². The Balaban J connectivity index is 1.85. The lowest BCUT2D eigenvalue weighted by atomic mass is 10.3. The molecule has 7 heteroatoms. The van der Waals surface area contributed by atoms with Crippen molar-refractivity contribution in [3.8, 4) is 11.5 Å². The Kier molecular flexibility index (Phi) is 3.69. The molecule has 0 unspecified atom stereocenters. The third kappa shape index (κ3) is 2.93. The molecule has 1 aliphatic rings. The number of hydrogen-bond donors (Lipinski definition) is 1. The fraction of sp³-hybridized carbons (Fsp3) is 0.143. The smallest absolute Gasteiger partial charge is 0.261 e. The number of anilines is 1. The van der Waals surface area contributed by atoms with Gasteiger partial charge in [0.25, 0.3) is 10.0 Å². The first kappa shape index (κ1) is 14.1. The molecule has 21 heavy (non-hydrogen) atoms. The fourth-order valence-corrected chi connectivity index (χ4v) is 3.39. The van der Waals surface area contributed by atoms with Crippen molar-refractivity contribution in [2.24, 2.45) is 0 Å². The van der Waals surface area contributed by atoms with E-state index >= 15 is 0 Å². The molecule has 0 radical (unpaired) electrons. The van der Waals surface area contributed by atoms with Gasteiger partial charge in [-0.2, -0.15) is 0 Å². The van der Waals surface area contributed by atoms with Crippen molar-refractivity contribution in [2.45, 2.75) is 9.79 Å². The number of sulfonamides is 1. The minimum absolute atomic E-state index is 0.154. The standard InChI is InChI=1S/C14H13NO4S2/c1-20-11-3-5-12(6-4-11)21(16,17)15-10-2-7-13-14(8-10)19-9-18-13/h2-8,15H,9H2,1H3. The normalized spacial score (nSPS) is 13.2. The molecule has 110 valence electrons. The summed E-state index contributed by atoms with van der Waals surface area (Å²) in [6.45, 7) is 0.154. The minimum Gasteiger partial charge on any atom is -0.454 e. The Labute approximate surface area is 127 Å². The zero-order valence-corrected chi connectivity index (χ0v) is 12.8. The lowest BCUT2D eigenvalue weighted by Crippen LogP contribution is -2.12. The average molecular weight is 323 g/mol. The number of fused-ring (bicyclic) bond motifs is 1. The number of benzene rings is 2. The summed E-state index contributed by atoms with van der Waals surface area (Å²) in [5.74, 6) is 1.15. The summed E-state index contributed by atoms with van der Waals surface area (Å²) in [6, 6.07) is 11.6. The molecule has 0 aliphatic carbocycles. The summed E-state index contributed by atoms with van der Waals surface area (Å²) in [6.07, 6.45) is 1.94. The molecule has 1 N–H and O–H groups in total. The summed E-state index contributed by atoms with van der Waals surface area (Å²) >= 11 is 1.56. The Bertz CT molecular complexity index is 757. The van der Waals surface area contributed by atoms with Gasteiger partial charge in [0.05, 0.1) is 10.6 Å². The van der Waals surface area contributed by atoms with Crippen molar-refractivity contribution in [3.05, 3.63) is 42.5 Å². The van der Waals surface area contributed by atoms with Gasteiger partial charge in [0.1, 0.15) is 0 Å². The van der Waals surface area contributed by atoms with Crippen LogP contribution in [0.5, 0.6) is 11.5 Å². The number of thioether (sulfide) groups is 1. The molecule has 2 aromatic rings. The maximum Gasteiger partial charge on any atom is 0.261 e. The highest BCUT2D eigenvalue weighted by atomic mass is 32.2. The van der Waals surface area contributed by atoms with E-state index < -0.39 is 10.0 Å². The van der Waals surface area contributed by atoms with Crippen LogP contribution < -0.4 is 14.2 Å². The molecule has 0 saturated carbocycles. The molecular formula is C14H13NO4S2. The Morgan fingerprint density at radius 3 is 2.48 bits per heavy atom. The van der Waals surface area contributed by atoms with Crippen molar-refractivity contribution >= 4 is 27.5 Å². The lowest BCUT2D eigenvalue weighted by Gasteiger charge is -2.09. The minimum atomic E-state index is -3.61. The average Bonchev–Trinajstić information content (AvgIpc) is 2.94. The van der Waals surface area contributed by atoms with Crippen molar-refractivity contribution in [3.63, 3.8) is 0 Å². The van der Waals surface area contributed by atoms with Gasteiger partial charge in [-0.15, -0.1) is 11.8 Å². The molecule has 2 aromatic carbocycles. The highest BCUT2D eigenvalue weighted by molar-refractivity contribution is 7.98. The zero-order valence-electron chi connectivity index (χ0n) is 11.2. The summed E-state index contributed by atoms with van der Waals surface area (Å²) in [5, 5.41) is 0. The van der Waals surface area contributed by atoms with E-state index in [9.17, 15) is 8.42 Å². The van der Waals surface area contributed by atoms with Gasteiger partial charge in [-0.1, -0.05) is 0 Å². The first-order valence-electron chi connectivity index (χ1n) is 6.15. The maximum atomic E-state index is 12.3. The Morgan fingerprint density at radius 2 is 1.76 bits per heavy atom. The topological polar surface area (TPSA) is 64.6 Å². The third-order valence-corrected chi connectivity index (χ3v) is 5.14. The molecule has 0 fully saturated rings.